The van der Waals surface area contributed by atoms with E-state index >= 15 is 0 Å². The van der Waals surface area contributed by atoms with Crippen molar-refractivity contribution in [3.8, 4) is 22.5 Å². The van der Waals surface area contributed by atoms with Gasteiger partial charge >= 0.3 is 6.09 Å². The first-order valence-electron chi connectivity index (χ1n) is 10.00. The highest BCUT2D eigenvalue weighted by Gasteiger charge is 2.23. The number of hydrogen-bond donors (Lipinski definition) is 1. The summed E-state index contributed by atoms with van der Waals surface area (Å²) in [5.41, 5.74) is 3.50. The molecule has 10 heteroatoms. The normalized spacial score (nSPS) is 14.2. The fraction of sp³-hybridized carbons (Fsp3) is 0.182. The largest absolute Gasteiger partial charge is 0.465 e. The van der Waals surface area contributed by atoms with Gasteiger partial charge in [-0.2, -0.15) is 0 Å². The van der Waals surface area contributed by atoms with Gasteiger partial charge in [-0.05, 0) is 48.5 Å². The molecule has 1 aliphatic heterocycles. The van der Waals surface area contributed by atoms with Crippen LogP contribution in [0.2, 0.25) is 5.15 Å². The zero-order valence-electron chi connectivity index (χ0n) is 16.8. The van der Waals surface area contributed by atoms with E-state index in [4.69, 9.17) is 21.7 Å². The van der Waals surface area contributed by atoms with Gasteiger partial charge in [0.15, 0.2) is 5.65 Å². The van der Waals surface area contributed by atoms with E-state index in [0.717, 1.165) is 11.1 Å². The number of anilines is 1. The van der Waals surface area contributed by atoms with Crippen LogP contribution < -0.4 is 4.90 Å². The van der Waals surface area contributed by atoms with Crippen molar-refractivity contribution in [2.75, 3.05) is 31.1 Å². The summed E-state index contributed by atoms with van der Waals surface area (Å²) >= 11 is 6.15. The standard InChI is InChI=1S/C22H18ClFN6O2/c23-17-13-15(7-8-25-17)21-20(14-1-3-16(24)4-2-14)26-18-5-6-19(27-30(18)21)28-9-11-29(12-10-28)22(31)32/h1-8,13H,9-12H2,(H,31,32). The molecule has 4 heterocycles. The third-order valence-corrected chi connectivity index (χ3v) is 5.66. The average Bonchev–Trinajstić information content (AvgIpc) is 3.18. The predicted molar refractivity (Wildman–Crippen MR) is 118 cm³/mol. The molecule has 0 atom stereocenters. The van der Waals surface area contributed by atoms with Crippen LogP contribution in [-0.2, 0) is 0 Å². The summed E-state index contributed by atoms with van der Waals surface area (Å²) < 4.78 is 15.2. The third kappa shape index (κ3) is 3.71. The van der Waals surface area contributed by atoms with Crippen LogP contribution in [-0.4, -0.2) is 61.9 Å². The minimum atomic E-state index is -0.913. The van der Waals surface area contributed by atoms with Crippen molar-refractivity contribution in [2.24, 2.45) is 0 Å². The molecule has 0 radical (unpaired) electrons. The maximum atomic E-state index is 13.5. The van der Waals surface area contributed by atoms with Crippen LogP contribution in [0.15, 0.2) is 54.7 Å². The molecule has 5 rings (SSSR count). The molecule has 1 aromatic carbocycles. The van der Waals surface area contributed by atoms with Crippen molar-refractivity contribution in [1.82, 2.24) is 24.5 Å². The second kappa shape index (κ2) is 8.08. The number of nitrogens with zero attached hydrogens (tertiary/aromatic N) is 6. The van der Waals surface area contributed by atoms with Gasteiger partial charge in [-0.3, -0.25) is 0 Å². The van der Waals surface area contributed by atoms with Crippen molar-refractivity contribution in [3.05, 3.63) is 65.7 Å². The molecular weight excluding hydrogens is 435 g/mol. The molecule has 0 bridgehead atoms. The maximum Gasteiger partial charge on any atom is 0.407 e. The number of amides is 1. The van der Waals surface area contributed by atoms with Gasteiger partial charge in [-0.1, -0.05) is 11.6 Å². The maximum absolute atomic E-state index is 13.5. The van der Waals surface area contributed by atoms with Gasteiger partial charge in [0.25, 0.3) is 0 Å². The van der Waals surface area contributed by atoms with Crippen molar-refractivity contribution in [2.45, 2.75) is 0 Å². The molecular formula is C22H18ClFN6O2. The quantitative estimate of drug-likeness (QED) is 0.472. The van der Waals surface area contributed by atoms with E-state index in [0.29, 0.717) is 54.2 Å². The summed E-state index contributed by atoms with van der Waals surface area (Å²) in [5.74, 6) is 0.388. The summed E-state index contributed by atoms with van der Waals surface area (Å²) in [6, 6.07) is 13.4. The summed E-state index contributed by atoms with van der Waals surface area (Å²) in [4.78, 5) is 23.4. The van der Waals surface area contributed by atoms with E-state index in [9.17, 15) is 14.3 Å². The minimum absolute atomic E-state index is 0.327. The molecule has 1 fully saturated rings. The monoisotopic (exact) mass is 452 g/mol. The van der Waals surface area contributed by atoms with Crippen molar-refractivity contribution in [1.29, 1.82) is 0 Å². The second-order valence-electron chi connectivity index (χ2n) is 7.40. The van der Waals surface area contributed by atoms with Gasteiger partial charge in [0.1, 0.15) is 22.5 Å². The summed E-state index contributed by atoms with van der Waals surface area (Å²) in [6.45, 7) is 1.90. The van der Waals surface area contributed by atoms with Crippen LogP contribution in [0.4, 0.5) is 15.0 Å². The molecule has 0 saturated carbocycles. The van der Waals surface area contributed by atoms with Gasteiger partial charge in [0, 0.05) is 43.5 Å². The van der Waals surface area contributed by atoms with E-state index in [1.54, 1.807) is 28.9 Å². The van der Waals surface area contributed by atoms with Crippen LogP contribution in [0.5, 0.6) is 0 Å². The molecule has 0 unspecified atom stereocenters. The lowest BCUT2D eigenvalue weighted by atomic mass is 10.1. The fourth-order valence-corrected chi connectivity index (χ4v) is 4.01. The molecule has 32 heavy (non-hydrogen) atoms. The van der Waals surface area contributed by atoms with Crippen molar-refractivity contribution < 1.29 is 14.3 Å². The van der Waals surface area contributed by atoms with Gasteiger partial charge in [-0.15, -0.1) is 5.10 Å². The Labute approximate surface area is 187 Å². The highest BCUT2D eigenvalue weighted by atomic mass is 35.5. The number of rotatable bonds is 3. The SMILES string of the molecule is O=C(O)N1CCN(c2ccc3nc(-c4ccc(F)cc4)c(-c4ccnc(Cl)c4)n3n2)CC1. The number of halogens is 2. The van der Waals surface area contributed by atoms with E-state index in [1.165, 1.54) is 17.0 Å². The number of imidazole rings is 1. The number of piperazine rings is 1. The average molecular weight is 453 g/mol. The Kier molecular flexibility index (Phi) is 5.10. The smallest absolute Gasteiger partial charge is 0.407 e. The Morgan fingerprint density at radius 2 is 1.75 bits per heavy atom. The van der Waals surface area contributed by atoms with E-state index < -0.39 is 6.09 Å². The number of pyridine rings is 1. The first-order valence-corrected chi connectivity index (χ1v) is 10.4. The molecule has 0 aliphatic carbocycles. The second-order valence-corrected chi connectivity index (χ2v) is 7.79. The number of benzene rings is 1. The predicted octanol–water partition coefficient (Wildman–Crippen LogP) is 4.05. The number of aromatic nitrogens is 4. The van der Waals surface area contributed by atoms with E-state index in [2.05, 4.69) is 4.98 Å². The Balaban J connectivity index is 1.62. The Morgan fingerprint density at radius 1 is 1.00 bits per heavy atom. The zero-order valence-corrected chi connectivity index (χ0v) is 17.6. The molecule has 4 aromatic rings. The zero-order chi connectivity index (χ0) is 22.2. The molecule has 8 nitrogen and oxygen atoms in total. The van der Waals surface area contributed by atoms with Gasteiger partial charge in [0.2, 0.25) is 0 Å². The lowest BCUT2D eigenvalue weighted by Gasteiger charge is -2.33. The molecule has 0 spiro atoms. The molecule has 1 amide bonds. The van der Waals surface area contributed by atoms with Crippen LogP contribution in [0.3, 0.4) is 0 Å². The number of carbonyl (C=O) groups is 1. The molecule has 3 aromatic heterocycles. The molecule has 1 N–H and O–H groups in total. The highest BCUT2D eigenvalue weighted by Crippen LogP contribution is 2.33. The third-order valence-electron chi connectivity index (χ3n) is 5.46. The summed E-state index contributed by atoms with van der Waals surface area (Å²) in [5, 5.41) is 14.3. The number of hydrogen-bond acceptors (Lipinski definition) is 5. The Hall–Kier alpha value is -3.72. The molecule has 162 valence electrons. The number of carboxylic acid groups (broad SMARTS) is 1. The lowest BCUT2D eigenvalue weighted by molar-refractivity contribution is 0.142. The Bertz CT molecular complexity index is 1300. The fourth-order valence-electron chi connectivity index (χ4n) is 3.84. The van der Waals surface area contributed by atoms with Crippen molar-refractivity contribution >= 4 is 29.2 Å². The summed E-state index contributed by atoms with van der Waals surface area (Å²) in [6.07, 6.45) is 0.698. The van der Waals surface area contributed by atoms with Crippen LogP contribution in [0, 0.1) is 5.82 Å². The molecule has 1 saturated heterocycles. The van der Waals surface area contributed by atoms with Gasteiger partial charge in [-0.25, -0.2) is 23.7 Å². The lowest BCUT2D eigenvalue weighted by Crippen LogP contribution is -2.48. The van der Waals surface area contributed by atoms with Crippen LogP contribution in [0.25, 0.3) is 28.2 Å². The highest BCUT2D eigenvalue weighted by molar-refractivity contribution is 6.29. The van der Waals surface area contributed by atoms with Gasteiger partial charge < -0.3 is 14.9 Å². The Morgan fingerprint density at radius 3 is 2.44 bits per heavy atom. The number of fused-ring (bicyclic) bond motifs is 1. The summed E-state index contributed by atoms with van der Waals surface area (Å²) in [7, 11) is 0. The molecule has 1 aliphatic rings. The van der Waals surface area contributed by atoms with Crippen LogP contribution >= 0.6 is 11.6 Å². The van der Waals surface area contributed by atoms with Crippen molar-refractivity contribution in [3.63, 3.8) is 0 Å². The minimum Gasteiger partial charge on any atom is -0.465 e. The van der Waals surface area contributed by atoms with Crippen LogP contribution in [0.1, 0.15) is 0 Å². The van der Waals surface area contributed by atoms with Gasteiger partial charge in [0.05, 0.1) is 5.69 Å². The first-order chi connectivity index (χ1) is 15.5. The topological polar surface area (TPSA) is 86.9 Å². The van der Waals surface area contributed by atoms with E-state index in [1.807, 2.05) is 23.1 Å². The first kappa shape index (κ1) is 20.2. The van der Waals surface area contributed by atoms with E-state index in [-0.39, 0.29) is 5.82 Å².